The van der Waals surface area contributed by atoms with E-state index in [1.807, 2.05) is 0 Å². The predicted octanol–water partition coefficient (Wildman–Crippen LogP) is -2.13. The van der Waals surface area contributed by atoms with Crippen molar-refractivity contribution in [3.05, 3.63) is 52.2 Å². The summed E-state index contributed by atoms with van der Waals surface area (Å²) in [4.78, 5) is 13.2. The Morgan fingerprint density at radius 3 is 2.00 bits per heavy atom. The number of rotatable bonds is 7. The van der Waals surface area contributed by atoms with Gasteiger partial charge in [0.05, 0.1) is 25.9 Å². The molecule has 3 heterocycles. The third kappa shape index (κ3) is 5.56. The summed E-state index contributed by atoms with van der Waals surface area (Å²) < 4.78 is 28.0. The van der Waals surface area contributed by atoms with Gasteiger partial charge < -0.3 is 69.3 Å². The van der Waals surface area contributed by atoms with Gasteiger partial charge in [-0.3, -0.25) is 4.79 Å². The monoisotopic (exact) mass is 608 g/mol. The van der Waals surface area contributed by atoms with Crippen molar-refractivity contribution in [3.63, 3.8) is 0 Å². The smallest absolute Gasteiger partial charge is 0.229 e. The van der Waals surface area contributed by atoms with Crippen molar-refractivity contribution in [1.82, 2.24) is 0 Å². The molecule has 5 unspecified atom stereocenters. The van der Waals surface area contributed by atoms with Crippen LogP contribution in [-0.2, 0) is 9.47 Å². The number of phenols is 1. The molecule has 2 saturated heterocycles. The van der Waals surface area contributed by atoms with Crippen LogP contribution in [-0.4, -0.2) is 121 Å². The Bertz CT molecular complexity index is 1490. The maximum Gasteiger partial charge on any atom is 0.229 e. The van der Waals surface area contributed by atoms with Gasteiger partial charge in [-0.05, 0) is 24.3 Å². The highest BCUT2D eigenvalue weighted by atomic mass is 16.7. The number of aliphatic hydroxyl groups excluding tert-OH is 8. The van der Waals surface area contributed by atoms with E-state index in [2.05, 4.69) is 0 Å². The fourth-order valence-corrected chi connectivity index (χ4v) is 5.23. The Labute approximate surface area is 242 Å². The minimum absolute atomic E-state index is 0.00427. The fourth-order valence-electron chi connectivity index (χ4n) is 5.23. The molecule has 0 bridgehead atoms. The molecule has 9 N–H and O–H groups in total. The molecule has 15 nitrogen and oxygen atoms in total. The average Bonchev–Trinajstić information content (AvgIpc) is 3.00. The number of ether oxygens (including phenoxy) is 4. The molecule has 0 aliphatic carbocycles. The zero-order chi connectivity index (χ0) is 31.2. The first kappa shape index (κ1) is 31.1. The maximum absolute atomic E-state index is 13.2. The standard InChI is InChI=1S/C28H32O15/c1-39-15-7-13(32)18-12(31)6-14(41-26(18)19(15)27-24(37)22(35)20(33)16(8-29)42-27)10-2-4-11(5-3-10)40-28-25(38)23(36)21(34)17(9-30)43-28/h2-7,16-17,20-25,27-30,32-38H,8-9H2,1H3/t16?,17?,20-,21-,22+,23?,24?,25?,27+,28-/m1/s1. The molecule has 234 valence electrons. The Morgan fingerprint density at radius 2 is 1.40 bits per heavy atom. The lowest BCUT2D eigenvalue weighted by molar-refractivity contribution is -0.277. The zero-order valence-corrected chi connectivity index (χ0v) is 22.6. The second-order valence-corrected chi connectivity index (χ2v) is 10.3. The van der Waals surface area contributed by atoms with Crippen LogP contribution >= 0.6 is 0 Å². The van der Waals surface area contributed by atoms with Crippen molar-refractivity contribution in [2.24, 2.45) is 0 Å². The van der Waals surface area contributed by atoms with Crippen LogP contribution in [0.4, 0.5) is 0 Å². The van der Waals surface area contributed by atoms with E-state index in [-0.39, 0.29) is 33.8 Å². The summed E-state index contributed by atoms with van der Waals surface area (Å²) in [5.74, 6) is -0.422. The molecule has 2 fully saturated rings. The minimum atomic E-state index is -1.74. The van der Waals surface area contributed by atoms with Crippen molar-refractivity contribution < 1.29 is 69.3 Å². The molecular formula is C28H32O15. The van der Waals surface area contributed by atoms with Gasteiger partial charge in [-0.15, -0.1) is 0 Å². The highest BCUT2D eigenvalue weighted by molar-refractivity contribution is 5.89. The second kappa shape index (κ2) is 12.3. The van der Waals surface area contributed by atoms with Gasteiger partial charge in [0.1, 0.15) is 83.3 Å². The highest BCUT2D eigenvalue weighted by Gasteiger charge is 2.47. The number of aliphatic hydroxyl groups is 8. The van der Waals surface area contributed by atoms with E-state index >= 15 is 0 Å². The highest BCUT2D eigenvalue weighted by Crippen LogP contribution is 2.44. The second-order valence-electron chi connectivity index (χ2n) is 10.3. The van der Waals surface area contributed by atoms with E-state index < -0.39 is 85.6 Å². The van der Waals surface area contributed by atoms with Crippen LogP contribution in [0.2, 0.25) is 0 Å². The lowest BCUT2D eigenvalue weighted by atomic mass is 9.89. The molecule has 1 aromatic heterocycles. The van der Waals surface area contributed by atoms with Gasteiger partial charge in [-0.1, -0.05) is 0 Å². The van der Waals surface area contributed by atoms with E-state index in [1.54, 1.807) is 0 Å². The average molecular weight is 609 g/mol. The number of methoxy groups -OCH3 is 1. The van der Waals surface area contributed by atoms with Crippen molar-refractivity contribution in [2.45, 2.75) is 61.2 Å². The molecule has 2 aromatic carbocycles. The number of fused-ring (bicyclic) bond motifs is 1. The molecule has 3 aromatic rings. The number of phenolic OH excluding ortho intramolecular Hbond substituents is 1. The third-order valence-corrected chi connectivity index (χ3v) is 7.62. The van der Waals surface area contributed by atoms with E-state index in [4.69, 9.17) is 23.4 Å². The maximum atomic E-state index is 13.2. The number of benzene rings is 2. The normalized spacial score (nSPS) is 33.0. The van der Waals surface area contributed by atoms with Gasteiger partial charge in [0.2, 0.25) is 6.29 Å². The molecule has 5 rings (SSSR count). The summed E-state index contributed by atoms with van der Waals surface area (Å²) in [6, 6.07) is 8.05. The predicted molar refractivity (Wildman–Crippen MR) is 143 cm³/mol. The Morgan fingerprint density at radius 1 is 0.791 bits per heavy atom. The fraction of sp³-hybridized carbons (Fsp3) is 0.464. The zero-order valence-electron chi connectivity index (χ0n) is 22.6. The quantitative estimate of drug-likeness (QED) is 0.139. The van der Waals surface area contributed by atoms with E-state index in [0.29, 0.717) is 5.56 Å². The van der Waals surface area contributed by atoms with Gasteiger partial charge >= 0.3 is 0 Å². The van der Waals surface area contributed by atoms with Crippen LogP contribution in [0.1, 0.15) is 11.7 Å². The SMILES string of the molecule is COc1cc(O)c2c(=O)cc(-c3ccc(O[C@@H]4OC(CO)[C@@H](O)C(O)C4O)cc3)oc2c1[C@@H]1OC(CO)[C@@H](O)[C@H](O)C1O. The first-order valence-corrected chi connectivity index (χ1v) is 13.3. The Kier molecular flexibility index (Phi) is 8.92. The summed E-state index contributed by atoms with van der Waals surface area (Å²) in [5, 5.41) is 90.9. The lowest BCUT2D eigenvalue weighted by Crippen LogP contribution is -2.60. The topological polar surface area (TPSA) is 249 Å². The first-order chi connectivity index (χ1) is 20.5. The van der Waals surface area contributed by atoms with Crippen LogP contribution in [0, 0.1) is 0 Å². The lowest BCUT2D eigenvalue weighted by Gasteiger charge is -2.40. The van der Waals surface area contributed by atoms with Gasteiger partial charge in [0.15, 0.2) is 11.0 Å². The summed E-state index contributed by atoms with van der Waals surface area (Å²) in [6.45, 7) is -1.33. The molecule has 10 atom stereocenters. The van der Waals surface area contributed by atoms with Crippen LogP contribution < -0.4 is 14.9 Å². The van der Waals surface area contributed by atoms with Gasteiger partial charge in [-0.25, -0.2) is 0 Å². The van der Waals surface area contributed by atoms with Crippen LogP contribution in [0.5, 0.6) is 17.2 Å². The summed E-state index contributed by atoms with van der Waals surface area (Å²) in [5.41, 5.74) is -0.648. The molecular weight excluding hydrogens is 576 g/mol. The molecule has 43 heavy (non-hydrogen) atoms. The van der Waals surface area contributed by atoms with Gasteiger partial charge in [0, 0.05) is 17.7 Å². The molecule has 2 aliphatic rings. The third-order valence-electron chi connectivity index (χ3n) is 7.62. The van der Waals surface area contributed by atoms with Crippen LogP contribution in [0.25, 0.3) is 22.3 Å². The Balaban J connectivity index is 1.52. The number of hydrogen-bond acceptors (Lipinski definition) is 15. The molecule has 0 saturated carbocycles. The largest absolute Gasteiger partial charge is 0.507 e. The summed E-state index contributed by atoms with van der Waals surface area (Å²) in [7, 11) is 1.25. The molecule has 0 amide bonds. The molecule has 0 spiro atoms. The summed E-state index contributed by atoms with van der Waals surface area (Å²) >= 11 is 0. The number of hydrogen-bond donors (Lipinski definition) is 9. The van der Waals surface area contributed by atoms with Gasteiger partial charge in [0.25, 0.3) is 0 Å². The van der Waals surface area contributed by atoms with E-state index in [1.165, 1.54) is 31.4 Å². The van der Waals surface area contributed by atoms with Crippen molar-refractivity contribution in [1.29, 1.82) is 0 Å². The first-order valence-electron chi connectivity index (χ1n) is 13.3. The molecule has 2 aliphatic heterocycles. The van der Waals surface area contributed by atoms with Gasteiger partial charge in [-0.2, -0.15) is 0 Å². The Hall–Kier alpha value is -3.35. The molecule has 0 radical (unpaired) electrons. The number of aromatic hydroxyl groups is 1. The van der Waals surface area contributed by atoms with Crippen molar-refractivity contribution >= 4 is 11.0 Å². The van der Waals surface area contributed by atoms with Crippen LogP contribution in [0.15, 0.2) is 45.6 Å². The van der Waals surface area contributed by atoms with Crippen LogP contribution in [0.3, 0.4) is 0 Å². The van der Waals surface area contributed by atoms with Crippen molar-refractivity contribution in [3.8, 4) is 28.6 Å². The summed E-state index contributed by atoms with van der Waals surface area (Å²) in [6.07, 6.45) is -15.3. The molecule has 15 heteroatoms. The minimum Gasteiger partial charge on any atom is -0.507 e. The van der Waals surface area contributed by atoms with E-state index in [0.717, 1.165) is 12.1 Å². The van der Waals surface area contributed by atoms with Crippen molar-refractivity contribution in [2.75, 3.05) is 20.3 Å². The van der Waals surface area contributed by atoms with E-state index in [9.17, 15) is 50.8 Å².